The van der Waals surface area contributed by atoms with Crippen molar-refractivity contribution in [3.05, 3.63) is 59.2 Å². The number of methoxy groups -OCH3 is 1. The summed E-state index contributed by atoms with van der Waals surface area (Å²) in [6.07, 6.45) is 0. The van der Waals surface area contributed by atoms with Crippen molar-refractivity contribution in [2.24, 2.45) is 0 Å². The highest BCUT2D eigenvalue weighted by Gasteiger charge is 2.12. The monoisotopic (exact) mass is 356 g/mol. The number of hydrazine groups is 1. The molecule has 0 fully saturated rings. The second-order valence-corrected chi connectivity index (χ2v) is 6.22. The number of carbonyl (C=O) groups is 2. The third kappa shape index (κ3) is 5.24. The molecule has 2 amide bonds. The fourth-order valence-electron chi connectivity index (χ4n) is 2.39. The Balaban J connectivity index is 1.89. The molecule has 0 bridgehead atoms. The van der Waals surface area contributed by atoms with Crippen LogP contribution in [0.4, 0.5) is 0 Å². The first-order valence-electron chi connectivity index (χ1n) is 8.37. The molecular weight excluding hydrogens is 332 g/mol. The van der Waals surface area contributed by atoms with E-state index in [2.05, 4.69) is 24.7 Å². The van der Waals surface area contributed by atoms with Crippen LogP contribution in [-0.2, 0) is 4.79 Å². The molecule has 2 rings (SSSR count). The van der Waals surface area contributed by atoms with Crippen LogP contribution in [0.5, 0.6) is 11.5 Å². The summed E-state index contributed by atoms with van der Waals surface area (Å²) in [5.41, 5.74) is 7.17. The zero-order valence-electron chi connectivity index (χ0n) is 15.5. The first kappa shape index (κ1) is 19.3. The largest absolute Gasteiger partial charge is 0.497 e. The number of nitrogens with one attached hydrogen (secondary N) is 2. The van der Waals surface area contributed by atoms with E-state index in [-0.39, 0.29) is 12.5 Å². The first-order valence-corrected chi connectivity index (χ1v) is 8.37. The van der Waals surface area contributed by atoms with E-state index in [1.807, 2.05) is 25.1 Å². The van der Waals surface area contributed by atoms with Gasteiger partial charge in [0.15, 0.2) is 6.61 Å². The zero-order valence-corrected chi connectivity index (χ0v) is 15.5. The highest BCUT2D eigenvalue weighted by atomic mass is 16.5. The van der Waals surface area contributed by atoms with Crippen LogP contribution in [0.25, 0.3) is 0 Å². The lowest BCUT2D eigenvalue weighted by molar-refractivity contribution is -0.123. The van der Waals surface area contributed by atoms with Crippen LogP contribution in [0.1, 0.15) is 41.3 Å². The highest BCUT2D eigenvalue weighted by Crippen LogP contribution is 2.27. The Bertz CT molecular complexity index is 787. The lowest BCUT2D eigenvalue weighted by atomic mass is 10.0. The topological polar surface area (TPSA) is 76.7 Å². The molecule has 0 aliphatic carbocycles. The summed E-state index contributed by atoms with van der Waals surface area (Å²) in [5.74, 6) is 0.636. The maximum absolute atomic E-state index is 12.1. The Labute approximate surface area is 153 Å². The normalized spacial score (nSPS) is 10.3. The Morgan fingerprint density at radius 1 is 1.08 bits per heavy atom. The van der Waals surface area contributed by atoms with Crippen molar-refractivity contribution in [2.45, 2.75) is 26.7 Å². The summed E-state index contributed by atoms with van der Waals surface area (Å²) < 4.78 is 10.7. The molecule has 2 aromatic rings. The molecule has 6 heteroatoms. The van der Waals surface area contributed by atoms with Gasteiger partial charge in [0.2, 0.25) is 0 Å². The van der Waals surface area contributed by atoms with Crippen LogP contribution in [-0.4, -0.2) is 25.5 Å². The van der Waals surface area contributed by atoms with Crippen molar-refractivity contribution in [3.63, 3.8) is 0 Å². The fraction of sp³-hybridized carbons (Fsp3) is 0.300. The average molecular weight is 356 g/mol. The van der Waals surface area contributed by atoms with Gasteiger partial charge < -0.3 is 9.47 Å². The predicted molar refractivity (Wildman–Crippen MR) is 99.4 cm³/mol. The first-order chi connectivity index (χ1) is 12.4. The number of aryl methyl sites for hydroxylation is 1. The minimum atomic E-state index is -0.447. The summed E-state index contributed by atoms with van der Waals surface area (Å²) in [6.45, 7) is 5.89. The minimum absolute atomic E-state index is 0.193. The fourth-order valence-corrected chi connectivity index (χ4v) is 2.39. The second kappa shape index (κ2) is 8.89. The number of hydrogen-bond donors (Lipinski definition) is 2. The molecule has 0 radical (unpaired) electrons. The number of carbonyl (C=O) groups excluding carboxylic acids is 2. The number of rotatable bonds is 6. The van der Waals surface area contributed by atoms with Gasteiger partial charge in [-0.05, 0) is 48.2 Å². The quantitative estimate of drug-likeness (QED) is 0.780. The van der Waals surface area contributed by atoms with Crippen LogP contribution in [0.2, 0.25) is 0 Å². The maximum Gasteiger partial charge on any atom is 0.276 e. The van der Waals surface area contributed by atoms with E-state index < -0.39 is 11.8 Å². The molecule has 0 aromatic heterocycles. The molecule has 0 saturated carbocycles. The lowest BCUT2D eigenvalue weighted by Gasteiger charge is -2.15. The van der Waals surface area contributed by atoms with Gasteiger partial charge in [0.05, 0.1) is 7.11 Å². The Morgan fingerprint density at radius 3 is 2.54 bits per heavy atom. The molecule has 0 unspecified atom stereocenters. The van der Waals surface area contributed by atoms with Gasteiger partial charge in [-0.15, -0.1) is 0 Å². The summed E-state index contributed by atoms with van der Waals surface area (Å²) in [7, 11) is 1.52. The number of amides is 2. The van der Waals surface area contributed by atoms with Crippen molar-refractivity contribution in [2.75, 3.05) is 13.7 Å². The summed E-state index contributed by atoms with van der Waals surface area (Å²) in [4.78, 5) is 24.0. The molecule has 0 spiro atoms. The van der Waals surface area contributed by atoms with Crippen molar-refractivity contribution in [1.82, 2.24) is 10.9 Å². The van der Waals surface area contributed by atoms with Gasteiger partial charge in [-0.3, -0.25) is 20.4 Å². The van der Waals surface area contributed by atoms with E-state index in [4.69, 9.17) is 9.47 Å². The van der Waals surface area contributed by atoms with E-state index >= 15 is 0 Å². The molecule has 26 heavy (non-hydrogen) atoms. The van der Waals surface area contributed by atoms with Crippen LogP contribution in [0.15, 0.2) is 42.5 Å². The van der Waals surface area contributed by atoms with Crippen molar-refractivity contribution in [1.29, 1.82) is 0 Å². The molecule has 0 aliphatic rings. The van der Waals surface area contributed by atoms with Gasteiger partial charge in [0, 0.05) is 5.56 Å². The number of benzene rings is 2. The van der Waals surface area contributed by atoms with Gasteiger partial charge in [-0.25, -0.2) is 0 Å². The van der Waals surface area contributed by atoms with Crippen molar-refractivity contribution in [3.8, 4) is 11.5 Å². The molecule has 2 N–H and O–H groups in total. The van der Waals surface area contributed by atoms with Gasteiger partial charge in [0.1, 0.15) is 11.5 Å². The summed E-state index contributed by atoms with van der Waals surface area (Å²) >= 11 is 0. The Morgan fingerprint density at radius 2 is 1.85 bits per heavy atom. The molecule has 138 valence electrons. The van der Waals surface area contributed by atoms with E-state index in [1.165, 1.54) is 7.11 Å². The third-order valence-corrected chi connectivity index (χ3v) is 3.80. The van der Waals surface area contributed by atoms with E-state index in [0.717, 1.165) is 11.1 Å². The van der Waals surface area contributed by atoms with E-state index in [1.54, 1.807) is 24.3 Å². The predicted octanol–water partition coefficient (Wildman–Crippen LogP) is 2.97. The van der Waals surface area contributed by atoms with Crippen molar-refractivity contribution < 1.29 is 19.1 Å². The summed E-state index contributed by atoms with van der Waals surface area (Å²) in [5, 5.41) is 0. The molecule has 0 atom stereocenters. The molecule has 6 nitrogen and oxygen atoms in total. The van der Waals surface area contributed by atoms with Gasteiger partial charge >= 0.3 is 0 Å². The van der Waals surface area contributed by atoms with Gasteiger partial charge in [-0.2, -0.15) is 0 Å². The highest BCUT2D eigenvalue weighted by molar-refractivity contribution is 5.95. The Hall–Kier alpha value is -3.02. The molecule has 0 aliphatic heterocycles. The molecule has 0 saturated heterocycles. The number of hydrogen-bond acceptors (Lipinski definition) is 4. The SMILES string of the molecule is COc1cccc(C(=O)NNC(=O)COc2cc(C)ccc2C(C)C)c1. The van der Waals surface area contributed by atoms with Crippen LogP contribution in [0, 0.1) is 6.92 Å². The average Bonchev–Trinajstić information content (AvgIpc) is 2.64. The van der Waals surface area contributed by atoms with Gasteiger partial charge in [0.25, 0.3) is 11.8 Å². The molecular formula is C20H24N2O4. The van der Waals surface area contributed by atoms with Crippen molar-refractivity contribution >= 4 is 11.8 Å². The summed E-state index contributed by atoms with van der Waals surface area (Å²) in [6, 6.07) is 12.6. The molecule has 2 aromatic carbocycles. The molecule has 0 heterocycles. The minimum Gasteiger partial charge on any atom is -0.497 e. The third-order valence-electron chi connectivity index (χ3n) is 3.80. The standard InChI is InChI=1S/C20H24N2O4/c1-13(2)17-9-8-14(3)10-18(17)26-12-19(23)21-22-20(24)15-6-5-7-16(11-15)25-4/h5-11,13H,12H2,1-4H3,(H,21,23)(H,22,24). The number of ether oxygens (including phenoxy) is 2. The van der Waals surface area contributed by atoms with E-state index in [9.17, 15) is 9.59 Å². The van der Waals surface area contributed by atoms with Crippen LogP contribution < -0.4 is 20.3 Å². The van der Waals surface area contributed by atoms with Crippen LogP contribution in [0.3, 0.4) is 0 Å². The zero-order chi connectivity index (χ0) is 19.1. The lowest BCUT2D eigenvalue weighted by Crippen LogP contribution is -2.43. The second-order valence-electron chi connectivity index (χ2n) is 6.22. The maximum atomic E-state index is 12.1. The van der Waals surface area contributed by atoms with E-state index in [0.29, 0.717) is 17.1 Å². The smallest absolute Gasteiger partial charge is 0.276 e. The Kier molecular flexibility index (Phi) is 6.60. The van der Waals surface area contributed by atoms with Crippen LogP contribution >= 0.6 is 0 Å². The van der Waals surface area contributed by atoms with Gasteiger partial charge in [-0.1, -0.05) is 32.0 Å².